The minimum atomic E-state index is -0.601. The molecule has 0 aromatic heterocycles. The lowest BCUT2D eigenvalue weighted by Gasteiger charge is -2.32. The highest BCUT2D eigenvalue weighted by molar-refractivity contribution is 6.56. The molecule has 1 amide bonds. The zero-order valence-electron chi connectivity index (χ0n) is 18.1. The normalized spacial score (nSPS) is 18.9. The fourth-order valence-electron chi connectivity index (χ4n) is 2.70. The Kier molecular flexibility index (Phi) is 6.59. The van der Waals surface area contributed by atoms with E-state index in [-0.39, 0.29) is 6.54 Å². The van der Waals surface area contributed by atoms with Gasteiger partial charge in [-0.2, -0.15) is 0 Å². The van der Waals surface area contributed by atoms with E-state index in [0.717, 1.165) is 16.6 Å². The second-order valence-corrected chi connectivity index (χ2v) is 9.54. The molecule has 0 atom stereocenters. The summed E-state index contributed by atoms with van der Waals surface area (Å²) in [5, 5.41) is 3.43. The summed E-state index contributed by atoms with van der Waals surface area (Å²) in [6.45, 7) is 15.6. The van der Waals surface area contributed by atoms with Gasteiger partial charge in [0.05, 0.1) is 11.2 Å². The molecule has 7 heteroatoms. The number of carbonyl (C=O) groups excluding carboxylic acids is 1. The number of nitrogens with one attached hydrogen (secondary N) is 1. The van der Waals surface area contributed by atoms with Gasteiger partial charge in [0, 0.05) is 11.6 Å². The van der Waals surface area contributed by atoms with E-state index in [1.165, 1.54) is 0 Å². The molecule has 1 fully saturated rings. The maximum atomic E-state index is 12.2. The van der Waals surface area contributed by atoms with Crippen molar-refractivity contribution in [2.24, 2.45) is 0 Å². The molecule has 0 aliphatic carbocycles. The van der Waals surface area contributed by atoms with E-state index in [1.54, 1.807) is 0 Å². The SMILES string of the molecule is Cc1cccc(Cl)c1C=C(CNC(=O)OC(C)(C)C)B1OC(C)(C)C(C)(C)O1. The van der Waals surface area contributed by atoms with E-state index in [0.29, 0.717) is 5.02 Å². The Labute approximate surface area is 173 Å². The van der Waals surface area contributed by atoms with Crippen LogP contribution in [-0.2, 0) is 14.0 Å². The molecule has 1 aromatic carbocycles. The molecule has 1 N–H and O–H groups in total. The number of ether oxygens (including phenoxy) is 1. The number of hydrogen-bond donors (Lipinski definition) is 1. The molecule has 1 aliphatic rings. The van der Waals surface area contributed by atoms with Gasteiger partial charge in [0.25, 0.3) is 0 Å². The molecular weight excluding hydrogens is 376 g/mol. The summed E-state index contributed by atoms with van der Waals surface area (Å²) < 4.78 is 17.7. The summed E-state index contributed by atoms with van der Waals surface area (Å²) in [6.07, 6.45) is 1.43. The van der Waals surface area contributed by atoms with E-state index >= 15 is 0 Å². The molecular formula is C21H31BClNO4. The van der Waals surface area contributed by atoms with Crippen LogP contribution in [0.2, 0.25) is 5.02 Å². The van der Waals surface area contributed by atoms with Crippen molar-refractivity contribution in [3.05, 3.63) is 39.8 Å². The first-order valence-electron chi connectivity index (χ1n) is 9.50. The maximum Gasteiger partial charge on any atom is 0.492 e. The second-order valence-electron chi connectivity index (χ2n) is 9.13. The molecule has 1 aliphatic heterocycles. The molecule has 1 aromatic rings. The zero-order chi connectivity index (χ0) is 21.3. The Morgan fingerprint density at radius 1 is 1.21 bits per heavy atom. The summed E-state index contributed by atoms with van der Waals surface area (Å²) in [5.41, 5.74) is 1.12. The summed E-state index contributed by atoms with van der Waals surface area (Å²) >= 11 is 6.40. The Bertz CT molecular complexity index is 732. The van der Waals surface area contributed by atoms with Gasteiger partial charge in [-0.25, -0.2) is 4.79 Å². The van der Waals surface area contributed by atoms with Crippen molar-refractivity contribution in [2.45, 2.75) is 72.2 Å². The molecule has 0 spiro atoms. The summed E-state index contributed by atoms with van der Waals surface area (Å²) in [6, 6.07) is 5.73. The molecule has 1 heterocycles. The molecule has 1 saturated heterocycles. The van der Waals surface area contributed by atoms with Crippen molar-refractivity contribution in [1.29, 1.82) is 0 Å². The molecule has 0 unspecified atom stereocenters. The first kappa shape index (κ1) is 22.8. The smallest absolute Gasteiger partial charge is 0.444 e. The van der Waals surface area contributed by atoms with Crippen molar-refractivity contribution in [1.82, 2.24) is 5.32 Å². The minimum absolute atomic E-state index is 0.219. The van der Waals surface area contributed by atoms with Crippen LogP contribution in [0.1, 0.15) is 59.6 Å². The van der Waals surface area contributed by atoms with Crippen molar-refractivity contribution >= 4 is 30.9 Å². The number of benzene rings is 1. The van der Waals surface area contributed by atoms with Gasteiger partial charge < -0.3 is 19.4 Å². The van der Waals surface area contributed by atoms with Gasteiger partial charge in [-0.1, -0.05) is 29.8 Å². The number of carbonyl (C=O) groups is 1. The summed E-state index contributed by atoms with van der Waals surface area (Å²) in [7, 11) is -0.601. The number of rotatable bonds is 4. The molecule has 0 radical (unpaired) electrons. The molecule has 2 rings (SSSR count). The molecule has 154 valence electrons. The number of alkyl carbamates (subject to hydrolysis) is 1. The lowest BCUT2D eigenvalue weighted by Crippen LogP contribution is -2.41. The lowest BCUT2D eigenvalue weighted by atomic mass is 9.76. The second kappa shape index (κ2) is 8.09. The Morgan fingerprint density at radius 3 is 2.29 bits per heavy atom. The van der Waals surface area contributed by atoms with Crippen LogP contribution >= 0.6 is 11.6 Å². The molecule has 0 bridgehead atoms. The first-order chi connectivity index (χ1) is 12.7. The highest BCUT2D eigenvalue weighted by Crippen LogP contribution is 2.39. The largest absolute Gasteiger partial charge is 0.492 e. The number of halogens is 1. The van der Waals surface area contributed by atoms with Crippen molar-refractivity contribution in [3.8, 4) is 0 Å². The fraction of sp³-hybridized carbons (Fsp3) is 0.571. The molecule has 5 nitrogen and oxygen atoms in total. The number of aryl methyl sites for hydroxylation is 1. The van der Waals surface area contributed by atoms with Crippen LogP contribution in [0.5, 0.6) is 0 Å². The zero-order valence-corrected chi connectivity index (χ0v) is 18.9. The predicted molar refractivity (Wildman–Crippen MR) is 114 cm³/mol. The summed E-state index contributed by atoms with van der Waals surface area (Å²) in [5.74, 6) is 0. The van der Waals surface area contributed by atoms with Crippen LogP contribution < -0.4 is 5.32 Å². The molecule has 0 saturated carbocycles. The Hall–Kier alpha value is -1.50. The van der Waals surface area contributed by atoms with Crippen LogP contribution in [0, 0.1) is 6.92 Å². The van der Waals surface area contributed by atoms with Crippen molar-refractivity contribution in [2.75, 3.05) is 6.54 Å². The Morgan fingerprint density at radius 2 is 1.79 bits per heavy atom. The maximum absolute atomic E-state index is 12.2. The van der Waals surface area contributed by atoms with Gasteiger partial charge in [-0.3, -0.25) is 0 Å². The topological polar surface area (TPSA) is 56.8 Å². The van der Waals surface area contributed by atoms with E-state index in [2.05, 4.69) is 5.32 Å². The number of hydrogen-bond acceptors (Lipinski definition) is 4. The van der Waals surface area contributed by atoms with Crippen molar-refractivity contribution < 1.29 is 18.8 Å². The van der Waals surface area contributed by atoms with Gasteiger partial charge in [0.2, 0.25) is 0 Å². The van der Waals surface area contributed by atoms with E-state index < -0.39 is 30.0 Å². The quantitative estimate of drug-likeness (QED) is 0.698. The van der Waals surface area contributed by atoms with E-state index in [4.69, 9.17) is 25.6 Å². The van der Waals surface area contributed by atoms with Crippen LogP contribution in [0.4, 0.5) is 4.79 Å². The van der Waals surface area contributed by atoms with Gasteiger partial charge in [0.1, 0.15) is 5.60 Å². The van der Waals surface area contributed by atoms with Crippen molar-refractivity contribution in [3.63, 3.8) is 0 Å². The van der Waals surface area contributed by atoms with Crippen LogP contribution in [0.15, 0.2) is 23.7 Å². The van der Waals surface area contributed by atoms with Gasteiger partial charge in [-0.05, 0) is 78.1 Å². The average Bonchev–Trinajstić information content (AvgIpc) is 2.72. The lowest BCUT2D eigenvalue weighted by molar-refractivity contribution is 0.00578. The van der Waals surface area contributed by atoms with Crippen LogP contribution in [-0.4, -0.2) is 36.6 Å². The first-order valence-corrected chi connectivity index (χ1v) is 9.88. The predicted octanol–water partition coefficient (Wildman–Crippen LogP) is 5.19. The Balaban J connectivity index is 2.32. The highest BCUT2D eigenvalue weighted by Gasteiger charge is 2.52. The van der Waals surface area contributed by atoms with Gasteiger partial charge >= 0.3 is 13.2 Å². The summed E-state index contributed by atoms with van der Waals surface area (Å²) in [4.78, 5) is 12.2. The third-order valence-corrected chi connectivity index (χ3v) is 5.32. The van der Waals surface area contributed by atoms with Crippen LogP contribution in [0.25, 0.3) is 6.08 Å². The fourth-order valence-corrected chi connectivity index (χ4v) is 2.97. The third-order valence-electron chi connectivity index (χ3n) is 4.99. The molecule has 28 heavy (non-hydrogen) atoms. The van der Waals surface area contributed by atoms with E-state index in [1.807, 2.05) is 79.7 Å². The van der Waals surface area contributed by atoms with Gasteiger partial charge in [0.15, 0.2) is 0 Å². The average molecular weight is 408 g/mol. The standard InChI is InChI=1S/C21H31BClNO4/c1-14-10-9-11-17(23)16(14)12-15(13-24-18(25)26-19(2,3)4)22-27-20(5,6)21(7,8)28-22/h9-12H,13H2,1-8H3,(H,24,25). The van der Waals surface area contributed by atoms with E-state index in [9.17, 15) is 4.79 Å². The van der Waals surface area contributed by atoms with Crippen LogP contribution in [0.3, 0.4) is 0 Å². The number of amides is 1. The monoisotopic (exact) mass is 407 g/mol. The van der Waals surface area contributed by atoms with Gasteiger partial charge in [-0.15, -0.1) is 0 Å². The highest BCUT2D eigenvalue weighted by atomic mass is 35.5. The minimum Gasteiger partial charge on any atom is -0.444 e. The third kappa shape index (κ3) is 5.52.